The Hall–Kier alpha value is -3.22. The first-order valence-corrected chi connectivity index (χ1v) is 7.27. The van der Waals surface area contributed by atoms with Gasteiger partial charge in [0.15, 0.2) is 11.5 Å². The van der Waals surface area contributed by atoms with Crippen molar-refractivity contribution < 1.29 is 14.1 Å². The zero-order valence-electron chi connectivity index (χ0n) is 13.2. The van der Waals surface area contributed by atoms with Crippen LogP contribution in [0.5, 0.6) is 0 Å². The van der Waals surface area contributed by atoms with Crippen molar-refractivity contribution >= 4 is 5.97 Å². The number of ether oxygens (including phenoxy) is 1. The van der Waals surface area contributed by atoms with Crippen LogP contribution in [-0.2, 0) is 18.4 Å². The summed E-state index contributed by atoms with van der Waals surface area (Å²) in [7, 11) is 1.46. The number of aryl methyl sites for hydroxylation is 2. The number of rotatable bonds is 4. The average molecular weight is 325 g/mol. The van der Waals surface area contributed by atoms with Crippen molar-refractivity contribution in [1.82, 2.24) is 14.9 Å². The summed E-state index contributed by atoms with van der Waals surface area (Å²) in [6.45, 7) is 1.96. The van der Waals surface area contributed by atoms with E-state index in [1.807, 2.05) is 31.2 Å². The zero-order chi connectivity index (χ0) is 17.1. The van der Waals surface area contributed by atoms with E-state index in [4.69, 9.17) is 9.26 Å². The van der Waals surface area contributed by atoms with Crippen LogP contribution in [0.2, 0.25) is 0 Å². The van der Waals surface area contributed by atoms with Crippen LogP contribution in [-0.4, -0.2) is 20.9 Å². The molecule has 24 heavy (non-hydrogen) atoms. The molecular weight excluding hydrogens is 310 g/mol. The third-order valence-electron chi connectivity index (χ3n) is 3.42. The van der Waals surface area contributed by atoms with Gasteiger partial charge >= 0.3 is 5.97 Å². The highest BCUT2D eigenvalue weighted by molar-refractivity contribution is 5.86. The highest BCUT2D eigenvalue weighted by Crippen LogP contribution is 2.21. The second kappa shape index (κ2) is 6.49. The molecule has 3 aromatic rings. The SMILES string of the molecule is Cc1ccc(-c2cc(COC(=O)c3ccc(=O)n(C)n3)no2)cc1. The van der Waals surface area contributed by atoms with Gasteiger partial charge in [0, 0.05) is 24.7 Å². The molecule has 3 rings (SSSR count). The first kappa shape index (κ1) is 15.7. The summed E-state index contributed by atoms with van der Waals surface area (Å²) in [4.78, 5) is 23.2. The molecule has 0 aliphatic rings. The van der Waals surface area contributed by atoms with E-state index in [9.17, 15) is 9.59 Å². The molecule has 7 heteroatoms. The zero-order valence-corrected chi connectivity index (χ0v) is 13.2. The minimum atomic E-state index is -0.634. The third kappa shape index (κ3) is 3.40. The molecule has 0 amide bonds. The van der Waals surface area contributed by atoms with Crippen LogP contribution in [0.1, 0.15) is 21.7 Å². The lowest BCUT2D eigenvalue weighted by Crippen LogP contribution is -2.21. The van der Waals surface area contributed by atoms with Gasteiger partial charge in [-0.15, -0.1) is 0 Å². The molecule has 122 valence electrons. The van der Waals surface area contributed by atoms with E-state index in [-0.39, 0.29) is 17.9 Å². The Labute approximate surface area is 137 Å². The van der Waals surface area contributed by atoms with Gasteiger partial charge in [0.05, 0.1) is 0 Å². The van der Waals surface area contributed by atoms with Crippen molar-refractivity contribution in [2.75, 3.05) is 0 Å². The van der Waals surface area contributed by atoms with Crippen molar-refractivity contribution in [2.45, 2.75) is 13.5 Å². The fourth-order valence-electron chi connectivity index (χ4n) is 2.06. The minimum absolute atomic E-state index is 0.0429. The molecule has 0 aliphatic heterocycles. The summed E-state index contributed by atoms with van der Waals surface area (Å²) < 4.78 is 11.5. The number of carbonyl (C=O) groups excluding carboxylic acids is 1. The van der Waals surface area contributed by atoms with E-state index in [0.717, 1.165) is 15.8 Å². The number of hydrogen-bond acceptors (Lipinski definition) is 6. The van der Waals surface area contributed by atoms with Crippen molar-refractivity contribution in [3.8, 4) is 11.3 Å². The fraction of sp³-hybridized carbons (Fsp3) is 0.176. The largest absolute Gasteiger partial charge is 0.454 e. The van der Waals surface area contributed by atoms with Crippen LogP contribution in [0.25, 0.3) is 11.3 Å². The van der Waals surface area contributed by atoms with Gasteiger partial charge < -0.3 is 9.26 Å². The van der Waals surface area contributed by atoms with Crippen molar-refractivity contribution in [3.05, 3.63) is 69.8 Å². The Bertz CT molecular complexity index is 926. The molecule has 0 saturated carbocycles. The molecule has 0 spiro atoms. The van der Waals surface area contributed by atoms with Crippen LogP contribution in [0.4, 0.5) is 0 Å². The van der Waals surface area contributed by atoms with Gasteiger partial charge in [-0.3, -0.25) is 4.79 Å². The smallest absolute Gasteiger partial charge is 0.359 e. The van der Waals surface area contributed by atoms with E-state index >= 15 is 0 Å². The van der Waals surface area contributed by atoms with Gasteiger partial charge in [-0.2, -0.15) is 5.10 Å². The number of carbonyl (C=O) groups is 1. The van der Waals surface area contributed by atoms with E-state index in [1.165, 1.54) is 19.2 Å². The second-order valence-electron chi connectivity index (χ2n) is 5.31. The molecule has 0 aliphatic carbocycles. The summed E-state index contributed by atoms with van der Waals surface area (Å²) in [5.74, 6) is -0.0354. The first-order chi connectivity index (χ1) is 11.5. The lowest BCUT2D eigenvalue weighted by molar-refractivity contribution is 0.0454. The number of esters is 1. The molecule has 0 bridgehead atoms. The van der Waals surface area contributed by atoms with Crippen LogP contribution in [0, 0.1) is 6.92 Å². The predicted molar refractivity (Wildman–Crippen MR) is 85.3 cm³/mol. The quantitative estimate of drug-likeness (QED) is 0.683. The Balaban J connectivity index is 1.66. The van der Waals surface area contributed by atoms with Gasteiger partial charge in [-0.1, -0.05) is 35.0 Å². The molecule has 7 nitrogen and oxygen atoms in total. The van der Waals surface area contributed by atoms with Crippen molar-refractivity contribution in [3.63, 3.8) is 0 Å². The highest BCUT2D eigenvalue weighted by Gasteiger charge is 2.13. The number of nitrogens with zero attached hydrogens (tertiary/aromatic N) is 3. The number of aromatic nitrogens is 3. The summed E-state index contributed by atoms with van der Waals surface area (Å²) in [6, 6.07) is 12.1. The molecule has 0 N–H and O–H groups in total. The number of hydrogen-bond donors (Lipinski definition) is 0. The van der Waals surface area contributed by atoms with Crippen LogP contribution < -0.4 is 5.56 Å². The molecule has 0 saturated heterocycles. The Morgan fingerprint density at radius 2 is 1.96 bits per heavy atom. The molecule has 2 aromatic heterocycles. The summed E-state index contributed by atoms with van der Waals surface area (Å²) in [5, 5.41) is 7.72. The van der Waals surface area contributed by atoms with Crippen molar-refractivity contribution in [1.29, 1.82) is 0 Å². The molecule has 2 heterocycles. The molecule has 0 atom stereocenters. The van der Waals surface area contributed by atoms with E-state index < -0.39 is 5.97 Å². The highest BCUT2D eigenvalue weighted by atomic mass is 16.5. The fourth-order valence-corrected chi connectivity index (χ4v) is 2.06. The average Bonchev–Trinajstić information content (AvgIpc) is 3.05. The van der Waals surface area contributed by atoms with Gasteiger partial charge in [0.1, 0.15) is 12.3 Å². The molecule has 0 fully saturated rings. The Morgan fingerprint density at radius 1 is 1.21 bits per heavy atom. The minimum Gasteiger partial charge on any atom is -0.454 e. The molecular formula is C17H15N3O4. The monoisotopic (exact) mass is 325 g/mol. The van der Waals surface area contributed by atoms with E-state index in [0.29, 0.717) is 11.5 Å². The van der Waals surface area contributed by atoms with Gasteiger partial charge in [0.25, 0.3) is 5.56 Å². The van der Waals surface area contributed by atoms with Gasteiger partial charge in [0.2, 0.25) is 0 Å². The second-order valence-corrected chi connectivity index (χ2v) is 5.31. The standard InChI is InChI=1S/C17H15N3O4/c1-11-3-5-12(6-4-11)15-9-13(19-24-15)10-23-17(22)14-7-8-16(21)20(2)18-14/h3-9H,10H2,1-2H3. The maximum Gasteiger partial charge on any atom is 0.359 e. The van der Waals surface area contributed by atoms with Crippen LogP contribution in [0.3, 0.4) is 0 Å². The lowest BCUT2D eigenvalue weighted by Gasteiger charge is -2.02. The Kier molecular flexibility index (Phi) is 4.24. The van der Waals surface area contributed by atoms with Gasteiger partial charge in [-0.25, -0.2) is 9.48 Å². The Morgan fingerprint density at radius 3 is 2.67 bits per heavy atom. The molecule has 0 radical (unpaired) electrons. The molecule has 1 aromatic carbocycles. The summed E-state index contributed by atoms with van der Waals surface area (Å²) in [6.07, 6.45) is 0. The maximum absolute atomic E-state index is 11.9. The predicted octanol–water partition coefficient (Wildman–Crippen LogP) is 2.10. The molecule has 0 unspecified atom stereocenters. The normalized spacial score (nSPS) is 10.6. The number of benzene rings is 1. The van der Waals surface area contributed by atoms with E-state index in [2.05, 4.69) is 10.3 Å². The first-order valence-electron chi connectivity index (χ1n) is 7.27. The van der Waals surface area contributed by atoms with Gasteiger partial charge in [-0.05, 0) is 13.0 Å². The third-order valence-corrected chi connectivity index (χ3v) is 3.42. The summed E-state index contributed by atoms with van der Waals surface area (Å²) in [5.41, 5.74) is 2.29. The maximum atomic E-state index is 11.9. The van der Waals surface area contributed by atoms with Crippen LogP contribution >= 0.6 is 0 Å². The van der Waals surface area contributed by atoms with Crippen molar-refractivity contribution in [2.24, 2.45) is 7.05 Å². The topological polar surface area (TPSA) is 87.2 Å². The lowest BCUT2D eigenvalue weighted by atomic mass is 10.1. The van der Waals surface area contributed by atoms with E-state index in [1.54, 1.807) is 6.07 Å². The summed E-state index contributed by atoms with van der Waals surface area (Å²) >= 11 is 0. The van der Waals surface area contributed by atoms with Crippen LogP contribution in [0.15, 0.2) is 51.8 Å².